The molecule has 0 spiro atoms. The van der Waals surface area contributed by atoms with E-state index in [1.807, 2.05) is 99.3 Å². The Balaban J connectivity index is 1.02. The van der Waals surface area contributed by atoms with Gasteiger partial charge >= 0.3 is 0 Å². The molecule has 3 fully saturated rings. The molecule has 8 rings (SSSR count). The maximum absolute atomic E-state index is 14.2. The lowest BCUT2D eigenvalue weighted by molar-refractivity contribution is -0.131. The van der Waals surface area contributed by atoms with Crippen molar-refractivity contribution < 1.29 is 19.8 Å². The number of likely N-dealkylation sites (tertiary alicyclic amines) is 2. The number of rotatable bonds is 9. The Morgan fingerprint density at radius 3 is 2.40 bits per heavy atom. The van der Waals surface area contributed by atoms with E-state index in [0.717, 1.165) is 79.1 Å². The normalized spacial score (nSPS) is 26.4. The van der Waals surface area contributed by atoms with Gasteiger partial charge in [0, 0.05) is 48.8 Å². The number of nitrogens with zero attached hydrogens (tertiary/aromatic N) is 5. The molecule has 9 nitrogen and oxygen atoms in total. The molecule has 57 heavy (non-hydrogen) atoms. The van der Waals surface area contributed by atoms with Crippen molar-refractivity contribution in [1.29, 1.82) is 0 Å². The molecular formula is C46H51Br2N5O4. The molecule has 1 saturated carbocycles. The van der Waals surface area contributed by atoms with Crippen LogP contribution in [0.5, 0.6) is 0 Å². The van der Waals surface area contributed by atoms with E-state index in [1.165, 1.54) is 0 Å². The maximum atomic E-state index is 14.2. The first-order valence-corrected chi connectivity index (χ1v) is 22.1. The lowest BCUT2D eigenvalue weighted by Crippen LogP contribution is -2.59. The summed E-state index contributed by atoms with van der Waals surface area (Å²) in [7, 11) is 0. The lowest BCUT2D eigenvalue weighted by Gasteiger charge is -2.52. The number of fused-ring (bicyclic) bond motifs is 2. The van der Waals surface area contributed by atoms with Crippen LogP contribution < -0.4 is 0 Å². The summed E-state index contributed by atoms with van der Waals surface area (Å²) < 4.78 is 3.02. The van der Waals surface area contributed by atoms with Crippen molar-refractivity contribution in [3.63, 3.8) is 0 Å². The van der Waals surface area contributed by atoms with Gasteiger partial charge in [-0.3, -0.25) is 14.0 Å². The van der Waals surface area contributed by atoms with E-state index in [9.17, 15) is 19.8 Å². The molecule has 2 aliphatic heterocycles. The third-order valence-corrected chi connectivity index (χ3v) is 14.5. The molecule has 11 heteroatoms. The molecule has 3 aromatic heterocycles. The zero-order valence-electron chi connectivity index (χ0n) is 32.7. The molecule has 1 unspecified atom stereocenters. The minimum Gasteiger partial charge on any atom is -0.385 e. The number of carbonyl (C=O) groups excluding carboxylic acids is 2. The molecular weight excluding hydrogens is 846 g/mol. The molecule has 2 N–H and O–H groups in total. The number of aliphatic hydroxyl groups is 2. The van der Waals surface area contributed by atoms with Gasteiger partial charge in [0.2, 0.25) is 0 Å². The zero-order chi connectivity index (χ0) is 40.0. The number of imidazole rings is 1. The first-order valence-electron chi connectivity index (χ1n) is 20.5. The predicted molar refractivity (Wildman–Crippen MR) is 229 cm³/mol. The number of carbonyl (C=O) groups is 2. The highest BCUT2D eigenvalue weighted by Crippen LogP contribution is 2.50. The fourth-order valence-corrected chi connectivity index (χ4v) is 11.2. The average molecular weight is 898 g/mol. The van der Waals surface area contributed by atoms with Gasteiger partial charge in [0.25, 0.3) is 11.8 Å². The van der Waals surface area contributed by atoms with Crippen LogP contribution in [0.1, 0.15) is 110 Å². The fraction of sp³-hybridized carbons (Fsp3) is 0.435. The smallest absolute Gasteiger partial charge is 0.275 e. The van der Waals surface area contributed by atoms with E-state index in [-0.39, 0.29) is 23.8 Å². The van der Waals surface area contributed by atoms with Crippen LogP contribution in [0.25, 0.3) is 16.6 Å². The van der Waals surface area contributed by atoms with Crippen LogP contribution in [-0.4, -0.2) is 71.9 Å². The largest absolute Gasteiger partial charge is 0.385 e. The number of hydrogen-bond acceptors (Lipinski definition) is 6. The minimum absolute atomic E-state index is 0.0979. The Morgan fingerprint density at radius 2 is 1.61 bits per heavy atom. The molecule has 2 saturated heterocycles. The van der Waals surface area contributed by atoms with Crippen LogP contribution in [-0.2, 0) is 11.2 Å². The maximum Gasteiger partial charge on any atom is 0.275 e. The van der Waals surface area contributed by atoms with Crippen molar-refractivity contribution in [2.45, 2.75) is 95.3 Å². The van der Waals surface area contributed by atoms with Crippen LogP contribution in [0.4, 0.5) is 0 Å². The van der Waals surface area contributed by atoms with Gasteiger partial charge in [-0.05, 0) is 111 Å². The second kappa shape index (κ2) is 16.0. The van der Waals surface area contributed by atoms with E-state index in [0.29, 0.717) is 53.2 Å². The molecule has 0 radical (unpaired) electrons. The summed E-state index contributed by atoms with van der Waals surface area (Å²) in [6, 6.07) is 27.3. The van der Waals surface area contributed by atoms with Crippen molar-refractivity contribution in [1.82, 2.24) is 24.2 Å². The summed E-state index contributed by atoms with van der Waals surface area (Å²) in [4.78, 5) is 41.5. The van der Waals surface area contributed by atoms with Gasteiger partial charge in [-0.2, -0.15) is 0 Å². The van der Waals surface area contributed by atoms with Gasteiger partial charge in [0.15, 0.2) is 10.4 Å². The number of unbranched alkanes of at least 4 members (excludes halogenated alkanes) is 2. The van der Waals surface area contributed by atoms with Crippen LogP contribution in [0.15, 0.2) is 100 Å². The van der Waals surface area contributed by atoms with Crippen molar-refractivity contribution in [3.05, 3.63) is 123 Å². The Labute approximate surface area is 351 Å². The highest BCUT2D eigenvalue weighted by atomic mass is 79.9. The molecule has 0 bridgehead atoms. The second-order valence-electron chi connectivity index (χ2n) is 16.7. The Bertz CT molecular complexity index is 2280. The summed E-state index contributed by atoms with van der Waals surface area (Å²) in [6.45, 7) is 5.59. The summed E-state index contributed by atoms with van der Waals surface area (Å²) in [6.07, 6.45) is 10.3. The summed E-state index contributed by atoms with van der Waals surface area (Å²) in [5, 5.41) is 24.9. The summed E-state index contributed by atoms with van der Waals surface area (Å²) in [5.74, 6) is -0.378. The first-order chi connectivity index (χ1) is 27.5. The molecule has 5 heterocycles. The van der Waals surface area contributed by atoms with Crippen molar-refractivity contribution in [3.8, 4) is 11.1 Å². The molecule has 5 atom stereocenters. The van der Waals surface area contributed by atoms with Crippen LogP contribution in [0.3, 0.4) is 0 Å². The van der Waals surface area contributed by atoms with E-state index >= 15 is 0 Å². The topological polar surface area (TPSA) is 111 Å². The number of halogens is 2. The predicted octanol–water partition coefficient (Wildman–Crippen LogP) is 9.53. The molecule has 5 aromatic rings. The Morgan fingerprint density at radius 1 is 0.842 bits per heavy atom. The number of amides is 2. The molecule has 3 aliphatic rings. The van der Waals surface area contributed by atoms with E-state index in [2.05, 4.69) is 50.7 Å². The van der Waals surface area contributed by atoms with Crippen LogP contribution in [0, 0.1) is 11.3 Å². The zero-order valence-corrected chi connectivity index (χ0v) is 35.9. The van der Waals surface area contributed by atoms with Gasteiger partial charge in [-0.15, -0.1) is 0 Å². The SMILES string of the molecule is CCCCC[C@@]1(C)CN(C(=O)c2ccc(-c3cccc([C@]4(O)CCN(C(=O)c5nc(Br)n6ccccc56)[C@H]5CCCC[C@H]54)c3)c(Br)n2)CCC1(O)c1ccccc1. The monoisotopic (exact) mass is 895 g/mol. The number of pyridine rings is 2. The molecule has 2 aromatic carbocycles. The highest BCUT2D eigenvalue weighted by Gasteiger charge is 2.53. The number of benzene rings is 2. The van der Waals surface area contributed by atoms with Gasteiger partial charge in [-0.1, -0.05) is 101 Å². The van der Waals surface area contributed by atoms with E-state index in [4.69, 9.17) is 4.98 Å². The van der Waals surface area contributed by atoms with Gasteiger partial charge in [0.05, 0.1) is 16.7 Å². The van der Waals surface area contributed by atoms with E-state index < -0.39 is 16.6 Å². The van der Waals surface area contributed by atoms with Crippen molar-refractivity contribution in [2.24, 2.45) is 11.3 Å². The van der Waals surface area contributed by atoms with Crippen molar-refractivity contribution in [2.75, 3.05) is 19.6 Å². The first kappa shape index (κ1) is 39.9. The van der Waals surface area contributed by atoms with Gasteiger partial charge in [-0.25, -0.2) is 9.97 Å². The number of hydrogen-bond donors (Lipinski definition) is 2. The highest BCUT2D eigenvalue weighted by molar-refractivity contribution is 9.10. The standard InChI is InChI=1S/C46H51Br2N5O4/c1-3-4-11-23-44(2)30-51(27-25-46(44,57)32-15-6-5-7-16-32)41(54)36-22-21-34(40(47)49-36)31-14-13-17-33(29-31)45(56)24-28-52(37-19-9-8-18-35(37)45)42(55)39-38-20-10-12-26-53(38)43(48)50-39/h5-7,10,12-17,20-22,26,29,35,37,56-57H,3-4,8-9,11,18-19,23-25,27-28,30H2,1-2H3/t35-,37+,44+,45-,46?/m1/s1. The quantitative estimate of drug-likeness (QED) is 0.113. The van der Waals surface area contributed by atoms with Gasteiger partial charge in [0.1, 0.15) is 10.3 Å². The number of aromatic nitrogens is 3. The lowest BCUT2D eigenvalue weighted by atomic mass is 9.63. The summed E-state index contributed by atoms with van der Waals surface area (Å²) >= 11 is 7.22. The number of piperidine rings is 2. The Kier molecular flexibility index (Phi) is 11.2. The second-order valence-corrected chi connectivity index (χ2v) is 18.1. The van der Waals surface area contributed by atoms with Crippen LogP contribution in [0.2, 0.25) is 0 Å². The van der Waals surface area contributed by atoms with Gasteiger partial charge < -0.3 is 20.0 Å². The third kappa shape index (κ3) is 7.16. The minimum atomic E-state index is -1.12. The van der Waals surface area contributed by atoms with E-state index in [1.54, 1.807) is 6.07 Å². The Hall–Kier alpha value is -3.90. The molecule has 1 aliphatic carbocycles. The van der Waals surface area contributed by atoms with Crippen molar-refractivity contribution >= 4 is 49.2 Å². The third-order valence-electron chi connectivity index (χ3n) is 13.3. The average Bonchev–Trinajstić information content (AvgIpc) is 3.58. The summed E-state index contributed by atoms with van der Waals surface area (Å²) in [5.41, 5.74) is 2.28. The fourth-order valence-electron chi connectivity index (χ4n) is 10.1. The molecule has 298 valence electrons. The van der Waals surface area contributed by atoms with Crippen LogP contribution >= 0.6 is 31.9 Å². The molecule has 2 amide bonds.